The van der Waals surface area contributed by atoms with Crippen LogP contribution in [0, 0.1) is 5.41 Å². The molecule has 0 aliphatic heterocycles. The maximum absolute atomic E-state index is 12.2. The first-order chi connectivity index (χ1) is 12.2. The fourth-order valence-electron chi connectivity index (χ4n) is 2.38. The number of amides is 1. The van der Waals surface area contributed by atoms with Gasteiger partial charge in [-0.1, -0.05) is 13.8 Å². The third-order valence-electron chi connectivity index (χ3n) is 4.42. The number of carboxylic acid groups (broad SMARTS) is 1. The molecule has 1 aromatic carbocycles. The summed E-state index contributed by atoms with van der Waals surface area (Å²) in [7, 11) is -2.20. The van der Waals surface area contributed by atoms with Crippen LogP contribution in [0.1, 0.15) is 37.0 Å². The Balaban J connectivity index is 2.79. The molecule has 0 unspecified atom stereocenters. The van der Waals surface area contributed by atoms with Crippen LogP contribution >= 0.6 is 0 Å². The first-order valence-electron chi connectivity index (χ1n) is 8.32. The second-order valence-corrected chi connectivity index (χ2v) is 7.66. The number of nitrogens with one attached hydrogen (secondary N) is 2. The zero-order valence-corrected chi connectivity index (χ0v) is 16.1. The number of ether oxygens (including phenoxy) is 1. The molecule has 146 valence electrons. The van der Waals surface area contributed by atoms with E-state index in [1.54, 1.807) is 13.8 Å². The lowest BCUT2D eigenvalue weighted by atomic mass is 9.82. The van der Waals surface area contributed by atoms with Gasteiger partial charge in [0.15, 0.2) is 0 Å². The highest BCUT2D eigenvalue weighted by molar-refractivity contribution is 7.89. The minimum atomic E-state index is -3.67. The maximum Gasteiger partial charge on any atom is 0.311 e. The average Bonchev–Trinajstić information content (AvgIpc) is 2.62. The van der Waals surface area contributed by atoms with Gasteiger partial charge in [0.05, 0.1) is 16.9 Å². The summed E-state index contributed by atoms with van der Waals surface area (Å²) in [5, 5.41) is 12.0. The van der Waals surface area contributed by atoms with Crippen molar-refractivity contribution in [1.82, 2.24) is 10.0 Å². The van der Waals surface area contributed by atoms with Gasteiger partial charge in [-0.2, -0.15) is 0 Å². The minimum absolute atomic E-state index is 0.00674. The molecule has 3 N–H and O–H groups in total. The van der Waals surface area contributed by atoms with E-state index in [9.17, 15) is 23.1 Å². The fraction of sp³-hybridized carbons (Fsp3) is 0.529. The summed E-state index contributed by atoms with van der Waals surface area (Å²) in [5.41, 5.74) is -0.753. The second kappa shape index (κ2) is 9.65. The van der Waals surface area contributed by atoms with Gasteiger partial charge in [-0.25, -0.2) is 13.1 Å². The molecule has 26 heavy (non-hydrogen) atoms. The van der Waals surface area contributed by atoms with Crippen LogP contribution in [-0.2, 0) is 19.6 Å². The van der Waals surface area contributed by atoms with Crippen LogP contribution in [0.4, 0.5) is 0 Å². The Morgan fingerprint density at radius 2 is 1.73 bits per heavy atom. The number of carboxylic acids is 1. The number of hydrogen-bond acceptors (Lipinski definition) is 5. The van der Waals surface area contributed by atoms with Gasteiger partial charge in [0, 0.05) is 25.8 Å². The molecular weight excluding hydrogens is 360 g/mol. The molecule has 1 amide bonds. The van der Waals surface area contributed by atoms with E-state index >= 15 is 0 Å². The summed E-state index contributed by atoms with van der Waals surface area (Å²) in [6.07, 6.45) is 0.785. The molecule has 0 saturated carbocycles. The maximum atomic E-state index is 12.2. The number of hydrogen-bond donors (Lipinski definition) is 3. The summed E-state index contributed by atoms with van der Waals surface area (Å²) in [4.78, 5) is 23.7. The smallest absolute Gasteiger partial charge is 0.311 e. The van der Waals surface area contributed by atoms with E-state index in [-0.39, 0.29) is 30.2 Å². The molecule has 0 aliphatic carbocycles. The van der Waals surface area contributed by atoms with E-state index in [0.29, 0.717) is 12.8 Å². The topological polar surface area (TPSA) is 122 Å². The Kier molecular flexibility index (Phi) is 8.19. The van der Waals surface area contributed by atoms with Crippen molar-refractivity contribution < 1.29 is 27.9 Å². The number of carbonyl (C=O) groups is 2. The number of sulfonamides is 1. The van der Waals surface area contributed by atoms with Gasteiger partial charge >= 0.3 is 5.97 Å². The van der Waals surface area contributed by atoms with Crippen LogP contribution in [0.5, 0.6) is 0 Å². The standard InChI is InChI=1S/C17H26N2O6S/c1-4-17(5-2,16(21)22)12-18-15(20)13-6-8-14(9-7-13)26(23,24)19-10-11-25-3/h6-9,19H,4-5,10-12H2,1-3H3,(H,18,20)(H,21,22). The molecule has 0 radical (unpaired) electrons. The zero-order valence-electron chi connectivity index (χ0n) is 15.2. The highest BCUT2D eigenvalue weighted by atomic mass is 32.2. The largest absolute Gasteiger partial charge is 0.481 e. The van der Waals surface area contributed by atoms with Crippen molar-refractivity contribution in [3.63, 3.8) is 0 Å². The van der Waals surface area contributed by atoms with Gasteiger partial charge in [0.1, 0.15) is 0 Å². The quantitative estimate of drug-likeness (QED) is 0.492. The molecule has 0 bridgehead atoms. The minimum Gasteiger partial charge on any atom is -0.481 e. The van der Waals surface area contributed by atoms with Gasteiger partial charge in [-0.3, -0.25) is 9.59 Å². The van der Waals surface area contributed by atoms with Crippen LogP contribution in [-0.4, -0.2) is 52.2 Å². The van der Waals surface area contributed by atoms with Crippen molar-refractivity contribution in [2.24, 2.45) is 5.41 Å². The van der Waals surface area contributed by atoms with Gasteiger partial charge < -0.3 is 15.2 Å². The predicted molar refractivity (Wildman–Crippen MR) is 96.5 cm³/mol. The van der Waals surface area contributed by atoms with Crippen molar-refractivity contribution in [3.8, 4) is 0 Å². The van der Waals surface area contributed by atoms with Crippen molar-refractivity contribution in [1.29, 1.82) is 0 Å². The Hall–Kier alpha value is -1.97. The van der Waals surface area contributed by atoms with E-state index < -0.39 is 27.3 Å². The fourth-order valence-corrected chi connectivity index (χ4v) is 3.39. The van der Waals surface area contributed by atoms with Crippen LogP contribution in [0.15, 0.2) is 29.2 Å². The zero-order chi connectivity index (χ0) is 19.8. The average molecular weight is 386 g/mol. The normalized spacial score (nSPS) is 12.0. The van der Waals surface area contributed by atoms with Crippen LogP contribution < -0.4 is 10.0 Å². The molecule has 0 aromatic heterocycles. The first-order valence-corrected chi connectivity index (χ1v) is 9.81. The van der Waals surface area contributed by atoms with Crippen molar-refractivity contribution >= 4 is 21.9 Å². The van der Waals surface area contributed by atoms with Gasteiger partial charge in [0.25, 0.3) is 5.91 Å². The molecule has 0 atom stereocenters. The van der Waals surface area contributed by atoms with Crippen LogP contribution in [0.2, 0.25) is 0 Å². The van der Waals surface area contributed by atoms with Gasteiger partial charge in [-0.05, 0) is 37.1 Å². The van der Waals surface area contributed by atoms with Crippen molar-refractivity contribution in [3.05, 3.63) is 29.8 Å². The highest BCUT2D eigenvalue weighted by Crippen LogP contribution is 2.25. The lowest BCUT2D eigenvalue weighted by Gasteiger charge is -2.26. The monoisotopic (exact) mass is 386 g/mol. The second-order valence-electron chi connectivity index (χ2n) is 5.89. The molecule has 8 nitrogen and oxygen atoms in total. The SMILES string of the molecule is CCC(CC)(CNC(=O)c1ccc(S(=O)(=O)NCCOC)cc1)C(=O)O. The van der Waals surface area contributed by atoms with Crippen LogP contribution in [0.25, 0.3) is 0 Å². The molecular formula is C17H26N2O6S. The molecule has 9 heteroatoms. The van der Waals surface area contributed by atoms with Crippen LogP contribution in [0.3, 0.4) is 0 Å². The van der Waals surface area contributed by atoms with E-state index in [4.69, 9.17) is 4.74 Å². The molecule has 1 rings (SSSR count). The molecule has 0 fully saturated rings. The van der Waals surface area contributed by atoms with E-state index in [1.807, 2.05) is 0 Å². The van der Waals surface area contributed by atoms with E-state index in [0.717, 1.165) is 0 Å². The van der Waals surface area contributed by atoms with E-state index in [2.05, 4.69) is 10.0 Å². The third kappa shape index (κ3) is 5.52. The Labute approximate surface area is 154 Å². The summed E-state index contributed by atoms with van der Waals surface area (Å²) in [5.74, 6) is -1.40. The number of aliphatic carboxylic acids is 1. The van der Waals surface area contributed by atoms with Crippen molar-refractivity contribution in [2.75, 3.05) is 26.8 Å². The lowest BCUT2D eigenvalue weighted by molar-refractivity contribution is -0.149. The number of rotatable bonds is 11. The third-order valence-corrected chi connectivity index (χ3v) is 5.90. The van der Waals surface area contributed by atoms with E-state index in [1.165, 1.54) is 31.4 Å². The first kappa shape index (κ1) is 22.1. The molecule has 0 aliphatic rings. The summed E-state index contributed by atoms with van der Waals surface area (Å²) in [6, 6.07) is 5.43. The lowest BCUT2D eigenvalue weighted by Crippen LogP contribution is -2.42. The summed E-state index contributed by atoms with van der Waals surface area (Å²) >= 11 is 0. The molecule has 0 saturated heterocycles. The Morgan fingerprint density at radius 3 is 2.19 bits per heavy atom. The number of benzene rings is 1. The van der Waals surface area contributed by atoms with Gasteiger partial charge in [-0.15, -0.1) is 0 Å². The Bertz CT molecular complexity index is 711. The number of methoxy groups -OCH3 is 1. The molecule has 0 spiro atoms. The number of carbonyl (C=O) groups excluding carboxylic acids is 1. The van der Waals surface area contributed by atoms with Gasteiger partial charge in [0.2, 0.25) is 10.0 Å². The van der Waals surface area contributed by atoms with Crippen molar-refractivity contribution in [2.45, 2.75) is 31.6 Å². The summed E-state index contributed by atoms with van der Waals surface area (Å²) < 4.78 is 31.3. The Morgan fingerprint density at radius 1 is 1.15 bits per heavy atom. The predicted octanol–water partition coefficient (Wildman–Crippen LogP) is 1.23. The highest BCUT2D eigenvalue weighted by Gasteiger charge is 2.35. The molecule has 0 heterocycles. The molecule has 1 aromatic rings. The summed E-state index contributed by atoms with van der Waals surface area (Å²) in [6.45, 7) is 3.93.